The minimum absolute atomic E-state index is 0.269. The summed E-state index contributed by atoms with van der Waals surface area (Å²) in [6, 6.07) is -0.814. The molecule has 0 aliphatic carbocycles. The lowest BCUT2D eigenvalue weighted by Gasteiger charge is -2.33. The zero-order valence-corrected chi connectivity index (χ0v) is 10.4. The van der Waals surface area contributed by atoms with E-state index in [1.54, 1.807) is 18.7 Å². The lowest BCUT2D eigenvalue weighted by atomic mass is 10.1. The second-order valence-electron chi connectivity index (χ2n) is 4.32. The highest BCUT2D eigenvalue weighted by Gasteiger charge is 2.33. The van der Waals surface area contributed by atoms with Gasteiger partial charge in [-0.05, 0) is 6.92 Å². The van der Waals surface area contributed by atoms with Crippen molar-refractivity contribution >= 4 is 11.9 Å². The van der Waals surface area contributed by atoms with Crippen molar-refractivity contribution in [2.75, 3.05) is 19.6 Å². The van der Waals surface area contributed by atoms with Crippen molar-refractivity contribution in [3.8, 4) is 0 Å². The summed E-state index contributed by atoms with van der Waals surface area (Å²) in [5.74, 6) is -1.26. The van der Waals surface area contributed by atoms with Gasteiger partial charge in [-0.1, -0.05) is 0 Å². The molecule has 0 spiro atoms. The van der Waals surface area contributed by atoms with Crippen molar-refractivity contribution in [2.24, 2.45) is 7.05 Å². The van der Waals surface area contributed by atoms with E-state index in [-0.39, 0.29) is 12.5 Å². The normalized spacial score (nSPS) is 19.9. The van der Waals surface area contributed by atoms with Crippen LogP contribution in [0.3, 0.4) is 0 Å². The second kappa shape index (κ2) is 4.77. The molecule has 2 heterocycles. The standard InChI is InChI=1S/C11H16N4O3/c1-7-8(5-13-14(7)2)10(16)15-4-3-12-6-9(15)11(17)18/h5,9,12H,3-4,6H2,1-2H3,(H,17,18). The van der Waals surface area contributed by atoms with Crippen molar-refractivity contribution in [3.05, 3.63) is 17.5 Å². The summed E-state index contributed by atoms with van der Waals surface area (Å²) < 4.78 is 1.60. The number of rotatable bonds is 2. The van der Waals surface area contributed by atoms with Crippen molar-refractivity contribution in [1.29, 1.82) is 0 Å². The van der Waals surface area contributed by atoms with Gasteiger partial charge in [0.2, 0.25) is 0 Å². The van der Waals surface area contributed by atoms with Gasteiger partial charge in [-0.3, -0.25) is 9.48 Å². The molecular weight excluding hydrogens is 236 g/mol. The lowest BCUT2D eigenvalue weighted by Crippen LogP contribution is -2.57. The van der Waals surface area contributed by atoms with Crippen molar-refractivity contribution in [1.82, 2.24) is 20.0 Å². The molecule has 1 unspecified atom stereocenters. The molecule has 7 nitrogen and oxygen atoms in total. The van der Waals surface area contributed by atoms with Gasteiger partial charge < -0.3 is 15.3 Å². The Labute approximate surface area is 104 Å². The highest BCUT2D eigenvalue weighted by Crippen LogP contribution is 2.13. The Bertz CT molecular complexity index is 483. The van der Waals surface area contributed by atoms with Crippen LogP contribution in [0.25, 0.3) is 0 Å². The van der Waals surface area contributed by atoms with E-state index in [4.69, 9.17) is 5.11 Å². The number of nitrogens with zero attached hydrogens (tertiary/aromatic N) is 3. The van der Waals surface area contributed by atoms with Crippen molar-refractivity contribution in [3.63, 3.8) is 0 Å². The van der Waals surface area contributed by atoms with Crippen LogP contribution in [0.15, 0.2) is 6.20 Å². The zero-order valence-electron chi connectivity index (χ0n) is 10.4. The summed E-state index contributed by atoms with van der Waals surface area (Å²) >= 11 is 0. The maximum Gasteiger partial charge on any atom is 0.327 e. The van der Waals surface area contributed by atoms with E-state index < -0.39 is 12.0 Å². The van der Waals surface area contributed by atoms with Crippen LogP contribution >= 0.6 is 0 Å². The Balaban J connectivity index is 2.26. The van der Waals surface area contributed by atoms with Crippen molar-refractivity contribution < 1.29 is 14.7 Å². The topological polar surface area (TPSA) is 87.5 Å². The van der Waals surface area contributed by atoms with Crippen LogP contribution in [-0.2, 0) is 11.8 Å². The Morgan fingerprint density at radius 3 is 2.83 bits per heavy atom. The average Bonchev–Trinajstić information content (AvgIpc) is 2.69. The molecule has 1 amide bonds. The number of aromatic nitrogens is 2. The second-order valence-corrected chi connectivity index (χ2v) is 4.32. The number of carbonyl (C=O) groups is 2. The number of aryl methyl sites for hydroxylation is 1. The maximum absolute atomic E-state index is 12.3. The summed E-state index contributed by atoms with van der Waals surface area (Å²) in [5.41, 5.74) is 1.20. The molecule has 0 saturated carbocycles. The molecule has 1 atom stereocenters. The molecule has 2 rings (SSSR count). The third kappa shape index (κ3) is 2.08. The van der Waals surface area contributed by atoms with E-state index in [9.17, 15) is 9.59 Å². The van der Waals surface area contributed by atoms with E-state index in [2.05, 4.69) is 10.4 Å². The Morgan fingerprint density at radius 1 is 1.56 bits per heavy atom. The number of carboxylic acids is 1. The fraction of sp³-hybridized carbons (Fsp3) is 0.545. The largest absolute Gasteiger partial charge is 0.480 e. The molecule has 18 heavy (non-hydrogen) atoms. The lowest BCUT2D eigenvalue weighted by molar-refractivity contribution is -0.142. The summed E-state index contributed by atoms with van der Waals surface area (Å²) in [7, 11) is 1.75. The van der Waals surface area contributed by atoms with E-state index in [1.165, 1.54) is 11.1 Å². The highest BCUT2D eigenvalue weighted by molar-refractivity contribution is 5.97. The predicted octanol–water partition coefficient (Wildman–Crippen LogP) is -0.773. The monoisotopic (exact) mass is 252 g/mol. The van der Waals surface area contributed by atoms with Crippen LogP contribution in [0, 0.1) is 6.92 Å². The van der Waals surface area contributed by atoms with Crippen LogP contribution in [0.5, 0.6) is 0 Å². The Kier molecular flexibility index (Phi) is 3.33. The van der Waals surface area contributed by atoms with Gasteiger partial charge in [0.25, 0.3) is 5.91 Å². The van der Waals surface area contributed by atoms with Crippen LogP contribution in [0.1, 0.15) is 16.1 Å². The molecule has 1 aromatic rings. The summed E-state index contributed by atoms with van der Waals surface area (Å²) in [5, 5.41) is 16.1. The van der Waals surface area contributed by atoms with Crippen LogP contribution in [-0.4, -0.2) is 57.3 Å². The van der Waals surface area contributed by atoms with E-state index in [0.29, 0.717) is 18.7 Å². The zero-order chi connectivity index (χ0) is 13.3. The molecule has 2 N–H and O–H groups in total. The minimum Gasteiger partial charge on any atom is -0.480 e. The number of hydrogen-bond acceptors (Lipinski definition) is 4. The smallest absolute Gasteiger partial charge is 0.327 e. The molecule has 0 aromatic carbocycles. The first-order valence-corrected chi connectivity index (χ1v) is 5.75. The fourth-order valence-corrected chi connectivity index (χ4v) is 2.03. The van der Waals surface area contributed by atoms with Gasteiger partial charge in [0.05, 0.1) is 11.8 Å². The third-order valence-corrected chi connectivity index (χ3v) is 3.25. The first-order chi connectivity index (χ1) is 8.52. The SMILES string of the molecule is Cc1c(C(=O)N2CCNCC2C(=O)O)cnn1C. The number of amides is 1. The van der Waals surface area contributed by atoms with Gasteiger partial charge in [0.1, 0.15) is 6.04 Å². The number of carbonyl (C=O) groups excluding carboxylic acids is 1. The number of carboxylic acid groups (broad SMARTS) is 1. The minimum atomic E-state index is -0.989. The Morgan fingerprint density at radius 2 is 2.28 bits per heavy atom. The fourth-order valence-electron chi connectivity index (χ4n) is 2.03. The number of aliphatic carboxylic acids is 1. The highest BCUT2D eigenvalue weighted by atomic mass is 16.4. The number of piperazine rings is 1. The molecule has 0 bridgehead atoms. The van der Waals surface area contributed by atoms with Gasteiger partial charge in [-0.25, -0.2) is 4.79 Å². The van der Waals surface area contributed by atoms with Crippen LogP contribution in [0.2, 0.25) is 0 Å². The summed E-state index contributed by atoms with van der Waals surface area (Å²) in [4.78, 5) is 24.9. The van der Waals surface area contributed by atoms with Gasteiger partial charge in [-0.15, -0.1) is 0 Å². The molecule has 1 fully saturated rings. The average molecular weight is 252 g/mol. The van der Waals surface area contributed by atoms with E-state index in [1.807, 2.05) is 0 Å². The number of hydrogen-bond donors (Lipinski definition) is 2. The Hall–Kier alpha value is -1.89. The number of nitrogens with one attached hydrogen (secondary N) is 1. The summed E-state index contributed by atoms with van der Waals surface area (Å²) in [6.45, 7) is 3.07. The van der Waals surface area contributed by atoms with Crippen molar-refractivity contribution in [2.45, 2.75) is 13.0 Å². The summed E-state index contributed by atoms with van der Waals surface area (Å²) in [6.07, 6.45) is 1.48. The molecule has 0 radical (unpaired) electrons. The molecule has 1 aliphatic heterocycles. The van der Waals surface area contributed by atoms with E-state index >= 15 is 0 Å². The molecule has 1 saturated heterocycles. The first-order valence-electron chi connectivity index (χ1n) is 5.75. The molecule has 98 valence electrons. The van der Waals surface area contributed by atoms with Crippen LogP contribution < -0.4 is 5.32 Å². The molecule has 7 heteroatoms. The van der Waals surface area contributed by atoms with Gasteiger partial charge in [0, 0.05) is 32.4 Å². The van der Waals surface area contributed by atoms with Crippen LogP contribution in [0.4, 0.5) is 0 Å². The predicted molar refractivity (Wildman–Crippen MR) is 63.3 cm³/mol. The van der Waals surface area contributed by atoms with E-state index in [0.717, 1.165) is 5.69 Å². The molecule has 1 aromatic heterocycles. The quantitative estimate of drug-likeness (QED) is 0.721. The third-order valence-electron chi connectivity index (χ3n) is 3.25. The van der Waals surface area contributed by atoms with Gasteiger partial charge in [0.15, 0.2) is 0 Å². The molecular formula is C11H16N4O3. The van der Waals surface area contributed by atoms with Gasteiger partial charge >= 0.3 is 5.97 Å². The molecule has 1 aliphatic rings. The first kappa shape index (κ1) is 12.6. The maximum atomic E-state index is 12.3. The van der Waals surface area contributed by atoms with Gasteiger partial charge in [-0.2, -0.15) is 5.10 Å².